The number of anilines is 1. The zero-order valence-electron chi connectivity index (χ0n) is 11.2. The van der Waals surface area contributed by atoms with Gasteiger partial charge >= 0.3 is 0 Å². The summed E-state index contributed by atoms with van der Waals surface area (Å²) in [7, 11) is 5.59. The van der Waals surface area contributed by atoms with Gasteiger partial charge in [-0.3, -0.25) is 4.68 Å². The summed E-state index contributed by atoms with van der Waals surface area (Å²) < 4.78 is 9.16. The highest BCUT2D eigenvalue weighted by atomic mass is 16.5. The van der Waals surface area contributed by atoms with Crippen molar-refractivity contribution in [3.05, 3.63) is 30.5 Å². The van der Waals surface area contributed by atoms with E-state index in [0.717, 1.165) is 28.0 Å². The Morgan fingerprint density at radius 1 is 1.21 bits per heavy atom. The predicted octanol–water partition coefficient (Wildman–Crippen LogP) is 2.17. The summed E-state index contributed by atoms with van der Waals surface area (Å²) in [5.74, 6) is 0.850. The second kappa shape index (κ2) is 4.05. The van der Waals surface area contributed by atoms with Gasteiger partial charge in [0.15, 0.2) is 0 Å². The highest BCUT2D eigenvalue weighted by molar-refractivity contribution is 5.89. The number of aryl methyl sites for hydroxylation is 2. The smallest absolute Gasteiger partial charge is 0.119 e. The minimum absolute atomic E-state index is 0.681. The van der Waals surface area contributed by atoms with Crippen LogP contribution in [0.1, 0.15) is 0 Å². The first-order chi connectivity index (χ1) is 9.11. The molecule has 2 aromatic heterocycles. The summed E-state index contributed by atoms with van der Waals surface area (Å²) in [4.78, 5) is 0. The number of nitrogens with zero attached hydrogens (tertiary/aromatic N) is 3. The molecule has 0 spiro atoms. The van der Waals surface area contributed by atoms with Gasteiger partial charge in [-0.15, -0.1) is 0 Å². The Labute approximate surface area is 111 Å². The molecule has 5 nitrogen and oxygen atoms in total. The van der Waals surface area contributed by atoms with Crippen LogP contribution in [0.4, 0.5) is 5.69 Å². The highest BCUT2D eigenvalue weighted by Gasteiger charge is 2.14. The molecule has 98 valence electrons. The molecule has 0 aliphatic heterocycles. The minimum atomic E-state index is 0.681. The van der Waals surface area contributed by atoms with E-state index in [-0.39, 0.29) is 0 Å². The largest absolute Gasteiger partial charge is 0.497 e. The van der Waals surface area contributed by atoms with E-state index in [2.05, 4.69) is 15.7 Å². The van der Waals surface area contributed by atoms with Crippen molar-refractivity contribution in [2.24, 2.45) is 14.1 Å². The molecule has 0 aliphatic carbocycles. The van der Waals surface area contributed by atoms with Crippen LogP contribution >= 0.6 is 0 Å². The number of rotatable bonds is 2. The molecule has 0 bridgehead atoms. The number of methoxy groups -OCH3 is 1. The van der Waals surface area contributed by atoms with E-state index < -0.39 is 0 Å². The number of nitrogens with two attached hydrogens (primary N) is 1. The van der Waals surface area contributed by atoms with Crippen LogP contribution in [-0.2, 0) is 14.1 Å². The van der Waals surface area contributed by atoms with Gasteiger partial charge in [-0.2, -0.15) is 5.10 Å². The molecule has 5 heteroatoms. The summed E-state index contributed by atoms with van der Waals surface area (Å²) in [5.41, 5.74) is 9.79. The molecule has 0 radical (unpaired) electrons. The van der Waals surface area contributed by atoms with Gasteiger partial charge in [0.05, 0.1) is 24.7 Å². The molecule has 3 aromatic rings. The average Bonchev–Trinajstić information content (AvgIpc) is 2.90. The van der Waals surface area contributed by atoms with Gasteiger partial charge in [0.25, 0.3) is 0 Å². The molecule has 2 heterocycles. The number of ether oxygens (including phenoxy) is 1. The van der Waals surface area contributed by atoms with E-state index in [1.807, 2.05) is 32.3 Å². The molecule has 19 heavy (non-hydrogen) atoms. The first-order valence-corrected chi connectivity index (χ1v) is 6.03. The third kappa shape index (κ3) is 1.66. The van der Waals surface area contributed by atoms with Crippen molar-refractivity contribution in [3.8, 4) is 17.1 Å². The van der Waals surface area contributed by atoms with E-state index in [9.17, 15) is 0 Å². The predicted molar refractivity (Wildman–Crippen MR) is 76.1 cm³/mol. The van der Waals surface area contributed by atoms with Crippen molar-refractivity contribution in [1.29, 1.82) is 0 Å². The number of fused-ring (bicyclic) bond motifs is 1. The molecule has 0 atom stereocenters. The van der Waals surface area contributed by atoms with Crippen molar-refractivity contribution >= 4 is 16.6 Å². The zero-order valence-corrected chi connectivity index (χ0v) is 11.2. The van der Waals surface area contributed by atoms with Crippen LogP contribution in [0.3, 0.4) is 0 Å². The monoisotopic (exact) mass is 256 g/mol. The van der Waals surface area contributed by atoms with Crippen molar-refractivity contribution in [1.82, 2.24) is 14.3 Å². The Hall–Kier alpha value is -2.43. The zero-order chi connectivity index (χ0) is 13.6. The van der Waals surface area contributed by atoms with Crippen LogP contribution in [-0.4, -0.2) is 21.5 Å². The van der Waals surface area contributed by atoms with E-state index in [1.54, 1.807) is 18.0 Å². The van der Waals surface area contributed by atoms with Gasteiger partial charge in [0, 0.05) is 25.0 Å². The van der Waals surface area contributed by atoms with E-state index >= 15 is 0 Å². The van der Waals surface area contributed by atoms with Crippen LogP contribution in [0.5, 0.6) is 5.75 Å². The number of hydrogen-bond acceptors (Lipinski definition) is 3. The fourth-order valence-electron chi connectivity index (χ4n) is 2.45. The molecule has 1 aromatic carbocycles. The summed E-state index contributed by atoms with van der Waals surface area (Å²) >= 11 is 0. The average molecular weight is 256 g/mol. The lowest BCUT2D eigenvalue weighted by Crippen LogP contribution is -2.00. The van der Waals surface area contributed by atoms with Gasteiger partial charge in [0.1, 0.15) is 11.4 Å². The van der Waals surface area contributed by atoms with Gasteiger partial charge in [-0.05, 0) is 24.3 Å². The summed E-state index contributed by atoms with van der Waals surface area (Å²) in [6.07, 6.45) is 1.67. The first-order valence-electron chi connectivity index (χ1n) is 6.03. The van der Waals surface area contributed by atoms with Gasteiger partial charge in [-0.1, -0.05) is 0 Å². The maximum absolute atomic E-state index is 6.00. The molecule has 0 saturated carbocycles. The molecule has 0 fully saturated rings. The Kier molecular flexibility index (Phi) is 2.48. The lowest BCUT2D eigenvalue weighted by atomic mass is 10.2. The van der Waals surface area contributed by atoms with Crippen LogP contribution in [0.2, 0.25) is 0 Å². The van der Waals surface area contributed by atoms with Gasteiger partial charge < -0.3 is 15.0 Å². The third-order valence-corrected chi connectivity index (χ3v) is 3.46. The molecule has 0 unspecified atom stereocenters. The molecule has 3 rings (SSSR count). The lowest BCUT2D eigenvalue weighted by molar-refractivity contribution is 0.415. The normalized spacial score (nSPS) is 11.1. The Balaban J connectivity index is 2.28. The molecule has 0 amide bonds. The fraction of sp³-hybridized carbons (Fsp3) is 0.214. The summed E-state index contributed by atoms with van der Waals surface area (Å²) in [5, 5.41) is 5.31. The number of nitrogen functional groups attached to an aromatic ring is 1. The molecular weight excluding hydrogens is 240 g/mol. The number of aromatic nitrogens is 3. The Bertz CT molecular complexity index is 735. The second-order valence-corrected chi connectivity index (χ2v) is 4.59. The highest BCUT2D eigenvalue weighted by Crippen LogP contribution is 2.31. The van der Waals surface area contributed by atoms with Crippen LogP contribution < -0.4 is 10.5 Å². The lowest BCUT2D eigenvalue weighted by Gasteiger charge is -2.06. The fourth-order valence-corrected chi connectivity index (χ4v) is 2.45. The molecule has 2 N–H and O–H groups in total. The quantitative estimate of drug-likeness (QED) is 0.764. The minimum Gasteiger partial charge on any atom is -0.497 e. The standard InChI is InChI=1S/C14H16N4O/c1-17-12-5-4-10(19-3)6-9(12)7-13(17)14-11(15)8-16-18(14)2/h4-8H,15H2,1-3H3. The van der Waals surface area contributed by atoms with Crippen molar-refractivity contribution in [2.45, 2.75) is 0 Å². The summed E-state index contributed by atoms with van der Waals surface area (Å²) in [6.45, 7) is 0. The number of hydrogen-bond donors (Lipinski definition) is 1. The molecule has 0 aliphatic rings. The van der Waals surface area contributed by atoms with Crippen LogP contribution in [0.25, 0.3) is 22.3 Å². The Morgan fingerprint density at radius 2 is 2.00 bits per heavy atom. The number of benzene rings is 1. The third-order valence-electron chi connectivity index (χ3n) is 3.46. The van der Waals surface area contributed by atoms with Gasteiger partial charge in [-0.25, -0.2) is 0 Å². The van der Waals surface area contributed by atoms with E-state index in [0.29, 0.717) is 5.69 Å². The van der Waals surface area contributed by atoms with Gasteiger partial charge in [0.2, 0.25) is 0 Å². The first kappa shape index (κ1) is 11.6. The maximum Gasteiger partial charge on any atom is 0.119 e. The van der Waals surface area contributed by atoms with E-state index in [4.69, 9.17) is 10.5 Å². The van der Waals surface area contributed by atoms with Crippen LogP contribution in [0.15, 0.2) is 30.5 Å². The summed E-state index contributed by atoms with van der Waals surface area (Å²) in [6, 6.07) is 8.12. The van der Waals surface area contributed by atoms with Crippen molar-refractivity contribution < 1.29 is 4.74 Å². The van der Waals surface area contributed by atoms with Crippen LogP contribution in [0, 0.1) is 0 Å². The SMILES string of the molecule is COc1ccc2c(c1)cc(-c1c(N)cnn1C)n2C. The van der Waals surface area contributed by atoms with Crippen molar-refractivity contribution in [2.75, 3.05) is 12.8 Å². The molecule has 0 saturated heterocycles. The van der Waals surface area contributed by atoms with Crippen molar-refractivity contribution in [3.63, 3.8) is 0 Å². The topological polar surface area (TPSA) is 58.0 Å². The maximum atomic E-state index is 6.00. The molecular formula is C14H16N4O. The van der Waals surface area contributed by atoms with E-state index in [1.165, 1.54) is 0 Å². The second-order valence-electron chi connectivity index (χ2n) is 4.59. The Morgan fingerprint density at radius 3 is 2.63 bits per heavy atom.